The van der Waals surface area contributed by atoms with Crippen LogP contribution in [0.4, 0.5) is 0 Å². The van der Waals surface area contributed by atoms with Gasteiger partial charge in [-0.1, -0.05) is 12.1 Å². The van der Waals surface area contributed by atoms with Gasteiger partial charge in [-0.15, -0.1) is 0 Å². The number of amides is 1. The maximum atomic E-state index is 12.1. The van der Waals surface area contributed by atoms with Crippen molar-refractivity contribution in [3.05, 3.63) is 35.9 Å². The van der Waals surface area contributed by atoms with Crippen LogP contribution in [0, 0.1) is 0 Å². The minimum atomic E-state index is 0.0428. The van der Waals surface area contributed by atoms with Crippen molar-refractivity contribution in [1.29, 1.82) is 0 Å². The van der Waals surface area contributed by atoms with E-state index in [2.05, 4.69) is 0 Å². The van der Waals surface area contributed by atoms with Gasteiger partial charge in [0.15, 0.2) is 0 Å². The fourth-order valence-corrected chi connectivity index (χ4v) is 2.20. The van der Waals surface area contributed by atoms with E-state index in [1.54, 1.807) is 18.1 Å². The highest BCUT2D eigenvalue weighted by Crippen LogP contribution is 2.19. The highest BCUT2D eigenvalue weighted by atomic mass is 16.5. The number of rotatable bonds is 3. The second kappa shape index (κ2) is 5.89. The summed E-state index contributed by atoms with van der Waals surface area (Å²) in [4.78, 5) is 13.9. The molecule has 1 atom stereocenters. The largest absolute Gasteiger partial charge is 0.497 e. The van der Waals surface area contributed by atoms with Gasteiger partial charge in [-0.2, -0.15) is 0 Å². The van der Waals surface area contributed by atoms with Crippen LogP contribution < -0.4 is 10.5 Å². The first kappa shape index (κ1) is 13.6. The van der Waals surface area contributed by atoms with Crippen molar-refractivity contribution in [2.75, 3.05) is 20.2 Å². The molecule has 0 aromatic heterocycles. The van der Waals surface area contributed by atoms with Gasteiger partial charge in [0.1, 0.15) is 5.75 Å². The van der Waals surface area contributed by atoms with Gasteiger partial charge in [-0.25, -0.2) is 0 Å². The van der Waals surface area contributed by atoms with E-state index < -0.39 is 0 Å². The number of hydrogen-bond donors (Lipinski definition) is 1. The summed E-state index contributed by atoms with van der Waals surface area (Å²) in [5.41, 5.74) is 7.79. The highest BCUT2D eigenvalue weighted by molar-refractivity contribution is 5.95. The topological polar surface area (TPSA) is 55.6 Å². The zero-order chi connectivity index (χ0) is 13.8. The smallest absolute Gasteiger partial charge is 0.246 e. The van der Waals surface area contributed by atoms with Crippen molar-refractivity contribution < 1.29 is 9.53 Å². The summed E-state index contributed by atoms with van der Waals surface area (Å²) < 4.78 is 5.11. The summed E-state index contributed by atoms with van der Waals surface area (Å²) in [6, 6.07) is 7.81. The Balaban J connectivity index is 2.07. The van der Waals surface area contributed by atoms with Crippen LogP contribution in [0.1, 0.15) is 18.9 Å². The molecule has 0 aliphatic carbocycles. The molecule has 19 heavy (non-hydrogen) atoms. The molecule has 1 aromatic rings. The second-order valence-electron chi connectivity index (χ2n) is 4.89. The third kappa shape index (κ3) is 3.35. The number of methoxy groups -OCH3 is 1. The molecule has 0 bridgehead atoms. The van der Waals surface area contributed by atoms with Gasteiger partial charge >= 0.3 is 0 Å². The van der Waals surface area contributed by atoms with E-state index in [1.807, 2.05) is 31.2 Å². The number of carbonyl (C=O) groups is 1. The summed E-state index contributed by atoms with van der Waals surface area (Å²) in [6.07, 6.45) is 2.57. The number of benzene rings is 1. The first-order valence-corrected chi connectivity index (χ1v) is 6.47. The fraction of sp³-hybridized carbons (Fsp3) is 0.400. The van der Waals surface area contributed by atoms with E-state index in [9.17, 15) is 4.79 Å². The van der Waals surface area contributed by atoms with E-state index in [-0.39, 0.29) is 11.9 Å². The van der Waals surface area contributed by atoms with Gasteiger partial charge in [0.05, 0.1) is 7.11 Å². The number of carbonyl (C=O) groups excluding carboxylic acids is 1. The minimum Gasteiger partial charge on any atom is -0.497 e. The molecule has 0 radical (unpaired) electrons. The molecule has 0 spiro atoms. The van der Waals surface area contributed by atoms with Crippen molar-refractivity contribution in [2.24, 2.45) is 5.73 Å². The molecular formula is C15H20N2O2. The van der Waals surface area contributed by atoms with Crippen LogP contribution in [0.2, 0.25) is 0 Å². The summed E-state index contributed by atoms with van der Waals surface area (Å²) in [6.45, 7) is 3.35. The Morgan fingerprint density at radius 3 is 2.63 bits per heavy atom. The third-order valence-electron chi connectivity index (χ3n) is 3.42. The van der Waals surface area contributed by atoms with Gasteiger partial charge in [-0.3, -0.25) is 4.79 Å². The monoisotopic (exact) mass is 260 g/mol. The van der Waals surface area contributed by atoms with E-state index in [0.29, 0.717) is 6.54 Å². The Hall–Kier alpha value is -1.81. The lowest BCUT2D eigenvalue weighted by Crippen LogP contribution is -2.30. The lowest BCUT2D eigenvalue weighted by Gasteiger charge is -2.13. The summed E-state index contributed by atoms with van der Waals surface area (Å²) in [7, 11) is 1.64. The zero-order valence-corrected chi connectivity index (χ0v) is 11.4. The van der Waals surface area contributed by atoms with E-state index in [1.165, 1.54) is 0 Å². The van der Waals surface area contributed by atoms with Gasteiger partial charge < -0.3 is 15.4 Å². The lowest BCUT2D eigenvalue weighted by molar-refractivity contribution is -0.125. The average Bonchev–Trinajstić information content (AvgIpc) is 2.85. The molecule has 0 unspecified atom stereocenters. The molecule has 1 saturated heterocycles. The van der Waals surface area contributed by atoms with Crippen LogP contribution in [0.15, 0.2) is 30.3 Å². The van der Waals surface area contributed by atoms with E-state index in [4.69, 9.17) is 10.5 Å². The molecule has 2 N–H and O–H groups in total. The maximum absolute atomic E-state index is 12.1. The van der Waals surface area contributed by atoms with Crippen molar-refractivity contribution >= 4 is 11.5 Å². The minimum absolute atomic E-state index is 0.0428. The summed E-state index contributed by atoms with van der Waals surface area (Å²) >= 11 is 0. The number of nitrogens with zero attached hydrogens (tertiary/aromatic N) is 1. The number of likely N-dealkylation sites (tertiary alicyclic amines) is 1. The van der Waals surface area contributed by atoms with Crippen LogP contribution in [0.5, 0.6) is 5.75 Å². The Labute approximate surface area is 113 Å². The second-order valence-corrected chi connectivity index (χ2v) is 4.89. The number of hydrogen-bond acceptors (Lipinski definition) is 3. The molecule has 1 aliphatic rings. The highest BCUT2D eigenvalue weighted by Gasteiger charge is 2.22. The normalized spacial score (nSPS) is 19.6. The van der Waals surface area contributed by atoms with E-state index in [0.717, 1.165) is 29.9 Å². The number of allylic oxidation sites excluding steroid dienone is 1. The summed E-state index contributed by atoms with van der Waals surface area (Å²) in [5, 5.41) is 0. The van der Waals surface area contributed by atoms with Crippen molar-refractivity contribution in [3.63, 3.8) is 0 Å². The van der Waals surface area contributed by atoms with Gasteiger partial charge in [0, 0.05) is 25.2 Å². The number of nitrogens with two attached hydrogens (primary N) is 1. The molecule has 0 saturated carbocycles. The molecule has 4 nitrogen and oxygen atoms in total. The Morgan fingerprint density at radius 1 is 1.42 bits per heavy atom. The molecule has 1 aliphatic heterocycles. The lowest BCUT2D eigenvalue weighted by atomic mass is 10.1. The molecule has 1 heterocycles. The zero-order valence-electron chi connectivity index (χ0n) is 11.4. The van der Waals surface area contributed by atoms with Crippen LogP contribution in [0.25, 0.3) is 5.57 Å². The predicted molar refractivity (Wildman–Crippen MR) is 75.8 cm³/mol. The van der Waals surface area contributed by atoms with Crippen LogP contribution in [-0.2, 0) is 4.79 Å². The first-order valence-electron chi connectivity index (χ1n) is 6.47. The fourth-order valence-electron chi connectivity index (χ4n) is 2.20. The van der Waals surface area contributed by atoms with Gasteiger partial charge in [0.25, 0.3) is 0 Å². The molecule has 1 aromatic carbocycles. The Bertz CT molecular complexity index is 479. The predicted octanol–water partition coefficient (Wildman–Crippen LogP) is 1.66. The van der Waals surface area contributed by atoms with Gasteiger partial charge in [-0.05, 0) is 36.6 Å². The molecule has 1 fully saturated rings. The van der Waals surface area contributed by atoms with E-state index >= 15 is 0 Å². The van der Waals surface area contributed by atoms with Crippen molar-refractivity contribution in [3.8, 4) is 5.75 Å². The molecule has 1 amide bonds. The van der Waals surface area contributed by atoms with Crippen LogP contribution in [-0.4, -0.2) is 37.0 Å². The van der Waals surface area contributed by atoms with Gasteiger partial charge in [0.2, 0.25) is 5.91 Å². The quantitative estimate of drug-likeness (QED) is 0.841. The number of ether oxygens (including phenoxy) is 1. The molecule has 4 heteroatoms. The Kier molecular flexibility index (Phi) is 4.22. The SMILES string of the molecule is COc1ccc(C(C)=CC(=O)N2CC[C@@H](N)C2)cc1. The summed E-state index contributed by atoms with van der Waals surface area (Å²) in [5.74, 6) is 0.856. The Morgan fingerprint density at radius 2 is 2.11 bits per heavy atom. The molecule has 2 rings (SSSR count). The maximum Gasteiger partial charge on any atom is 0.246 e. The van der Waals surface area contributed by atoms with Crippen LogP contribution >= 0.6 is 0 Å². The van der Waals surface area contributed by atoms with Crippen molar-refractivity contribution in [1.82, 2.24) is 4.90 Å². The van der Waals surface area contributed by atoms with Crippen molar-refractivity contribution in [2.45, 2.75) is 19.4 Å². The van der Waals surface area contributed by atoms with Crippen LogP contribution in [0.3, 0.4) is 0 Å². The molecular weight excluding hydrogens is 240 g/mol. The molecule has 102 valence electrons. The first-order chi connectivity index (χ1) is 9.10. The standard InChI is InChI=1S/C15H20N2O2/c1-11(12-3-5-14(19-2)6-4-12)9-15(18)17-8-7-13(16)10-17/h3-6,9,13H,7-8,10,16H2,1-2H3/t13-/m1/s1. The average molecular weight is 260 g/mol. The third-order valence-corrected chi connectivity index (χ3v) is 3.42.